The van der Waals surface area contributed by atoms with Crippen LogP contribution in [0.15, 0.2) is 28.5 Å². The van der Waals surface area contributed by atoms with Gasteiger partial charge in [-0.05, 0) is 12.1 Å². The van der Waals surface area contributed by atoms with Crippen LogP contribution >= 0.6 is 11.3 Å². The van der Waals surface area contributed by atoms with Crippen LogP contribution in [0.5, 0.6) is 0 Å². The molecule has 0 saturated carbocycles. The fourth-order valence-electron chi connectivity index (χ4n) is 1.54. The number of nitrogens with one attached hydrogen (secondary N) is 1. The summed E-state index contributed by atoms with van der Waals surface area (Å²) in [5.74, 6) is -3.98. The van der Waals surface area contributed by atoms with Gasteiger partial charge in [-0.25, -0.2) is 21.6 Å². The van der Waals surface area contributed by atoms with Crippen LogP contribution in [0, 0.1) is 17.5 Å². The molecule has 0 amide bonds. The number of rotatable bonds is 5. The van der Waals surface area contributed by atoms with Gasteiger partial charge in [0.15, 0.2) is 11.6 Å². The summed E-state index contributed by atoms with van der Waals surface area (Å²) in [5, 5.41) is 8.77. The molecule has 0 atom stereocenters. The van der Waals surface area contributed by atoms with E-state index >= 15 is 0 Å². The molecule has 2 aromatic rings. The van der Waals surface area contributed by atoms with Crippen molar-refractivity contribution in [1.29, 1.82) is 0 Å². The van der Waals surface area contributed by atoms with Gasteiger partial charge in [-0.3, -0.25) is 4.72 Å². The van der Waals surface area contributed by atoms with Crippen molar-refractivity contribution in [3.63, 3.8) is 0 Å². The van der Waals surface area contributed by atoms with Crippen LogP contribution in [0.25, 0.3) is 0 Å². The second-order valence-electron chi connectivity index (χ2n) is 4.05. The van der Waals surface area contributed by atoms with E-state index in [2.05, 4.69) is 0 Å². The molecule has 0 bridgehead atoms. The largest absolute Gasteiger partial charge is 0.396 e. The Bertz CT molecular complexity index is 759. The number of aliphatic hydroxyl groups is 1. The molecule has 1 heterocycles. The molecule has 2 rings (SSSR count). The fourth-order valence-corrected chi connectivity index (χ4v) is 3.95. The highest BCUT2D eigenvalue weighted by Crippen LogP contribution is 2.26. The van der Waals surface area contributed by atoms with Crippen molar-refractivity contribution < 1.29 is 26.7 Å². The van der Waals surface area contributed by atoms with Crippen LogP contribution < -0.4 is 4.72 Å². The van der Waals surface area contributed by atoms with Gasteiger partial charge >= 0.3 is 0 Å². The molecule has 21 heavy (non-hydrogen) atoms. The third-order valence-electron chi connectivity index (χ3n) is 2.51. The van der Waals surface area contributed by atoms with Gasteiger partial charge in [0.1, 0.15) is 10.0 Å². The van der Waals surface area contributed by atoms with Gasteiger partial charge in [-0.2, -0.15) is 0 Å². The number of aliphatic hydroxyl groups excluding tert-OH is 1. The van der Waals surface area contributed by atoms with Crippen LogP contribution in [-0.4, -0.2) is 20.1 Å². The van der Waals surface area contributed by atoms with Gasteiger partial charge in [0.05, 0.1) is 5.69 Å². The first-order chi connectivity index (χ1) is 9.83. The summed E-state index contributed by atoms with van der Waals surface area (Å²) in [5.41, 5.74) is -0.675. The molecule has 0 unspecified atom stereocenters. The summed E-state index contributed by atoms with van der Waals surface area (Å²) >= 11 is 0.896. The molecule has 0 spiro atoms. The van der Waals surface area contributed by atoms with Crippen LogP contribution in [0.2, 0.25) is 0 Å². The number of hydrogen-bond donors (Lipinski definition) is 2. The third-order valence-corrected chi connectivity index (χ3v) is 5.52. The number of thiophene rings is 1. The van der Waals surface area contributed by atoms with E-state index < -0.39 is 33.2 Å². The van der Waals surface area contributed by atoms with Gasteiger partial charge in [-0.1, -0.05) is 0 Å². The van der Waals surface area contributed by atoms with Gasteiger partial charge in [0.25, 0.3) is 10.0 Å². The van der Waals surface area contributed by atoms with Gasteiger partial charge in [-0.15, -0.1) is 11.3 Å². The first kappa shape index (κ1) is 15.8. The average Bonchev–Trinajstić information content (AvgIpc) is 2.86. The van der Waals surface area contributed by atoms with Gasteiger partial charge in [0, 0.05) is 30.0 Å². The molecular formula is C12H10F3NO3S2. The Kier molecular flexibility index (Phi) is 4.55. The number of hydrogen-bond acceptors (Lipinski definition) is 4. The normalized spacial score (nSPS) is 11.6. The standard InChI is InChI=1S/C12H10F3NO3S2/c13-8-5-10(15)11(6-9(8)14)16-21(18,19)12-2-1-7(20-12)3-4-17/h1-2,5-6,16-17H,3-4H2. The van der Waals surface area contributed by atoms with Crippen molar-refractivity contribution in [3.05, 3.63) is 46.6 Å². The molecule has 1 aromatic heterocycles. The van der Waals surface area contributed by atoms with Gasteiger partial charge in [0.2, 0.25) is 0 Å². The molecule has 0 radical (unpaired) electrons. The predicted molar refractivity (Wildman–Crippen MR) is 72.2 cm³/mol. The van der Waals surface area contributed by atoms with E-state index in [-0.39, 0.29) is 16.9 Å². The van der Waals surface area contributed by atoms with Crippen molar-refractivity contribution in [1.82, 2.24) is 0 Å². The highest BCUT2D eigenvalue weighted by atomic mass is 32.2. The van der Waals surface area contributed by atoms with Gasteiger partial charge < -0.3 is 5.11 Å². The summed E-state index contributed by atoms with van der Waals surface area (Å²) in [6.45, 7) is -0.134. The zero-order valence-electron chi connectivity index (χ0n) is 10.4. The monoisotopic (exact) mass is 337 g/mol. The van der Waals surface area contributed by atoms with E-state index in [4.69, 9.17) is 5.11 Å². The molecule has 1 aromatic carbocycles. The Morgan fingerprint density at radius 2 is 1.76 bits per heavy atom. The van der Waals surface area contributed by atoms with Crippen molar-refractivity contribution in [2.24, 2.45) is 0 Å². The summed E-state index contributed by atoms with van der Waals surface area (Å²) in [7, 11) is -4.11. The van der Waals surface area contributed by atoms with E-state index in [1.54, 1.807) is 0 Å². The highest BCUT2D eigenvalue weighted by molar-refractivity contribution is 7.94. The van der Waals surface area contributed by atoms with Crippen LogP contribution in [0.3, 0.4) is 0 Å². The lowest BCUT2D eigenvalue weighted by molar-refractivity contribution is 0.300. The molecule has 2 N–H and O–H groups in total. The Labute approximate surface area is 122 Å². The van der Waals surface area contributed by atoms with Crippen molar-refractivity contribution >= 4 is 27.0 Å². The maximum atomic E-state index is 13.4. The lowest BCUT2D eigenvalue weighted by Crippen LogP contribution is -2.13. The Morgan fingerprint density at radius 3 is 2.43 bits per heavy atom. The van der Waals surface area contributed by atoms with E-state index in [9.17, 15) is 21.6 Å². The minimum Gasteiger partial charge on any atom is -0.396 e. The SMILES string of the molecule is O=S(=O)(Nc1cc(F)c(F)cc1F)c1ccc(CCO)s1. The molecule has 0 saturated heterocycles. The molecule has 114 valence electrons. The zero-order valence-corrected chi connectivity index (χ0v) is 12.1. The van der Waals surface area contributed by atoms with Crippen molar-refractivity contribution in [2.75, 3.05) is 11.3 Å². The Balaban J connectivity index is 2.30. The minimum atomic E-state index is -4.11. The second-order valence-corrected chi connectivity index (χ2v) is 7.12. The van der Waals surface area contributed by atoms with E-state index in [0.717, 1.165) is 11.3 Å². The number of sulfonamides is 1. The molecule has 0 fully saturated rings. The Hall–Kier alpha value is -1.58. The minimum absolute atomic E-state index is 0.116. The third kappa shape index (κ3) is 3.55. The molecule has 0 aliphatic heterocycles. The summed E-state index contributed by atoms with van der Waals surface area (Å²) in [4.78, 5) is 0.628. The second kappa shape index (κ2) is 6.04. The van der Waals surface area contributed by atoms with E-state index in [1.807, 2.05) is 4.72 Å². The number of anilines is 1. The quantitative estimate of drug-likeness (QED) is 0.824. The van der Waals surface area contributed by atoms with Crippen LogP contribution in [0.4, 0.5) is 18.9 Å². The van der Waals surface area contributed by atoms with E-state index in [0.29, 0.717) is 17.4 Å². The first-order valence-electron chi connectivity index (χ1n) is 5.70. The molecule has 9 heteroatoms. The molecular weight excluding hydrogens is 327 g/mol. The fraction of sp³-hybridized carbons (Fsp3) is 0.167. The average molecular weight is 337 g/mol. The lowest BCUT2D eigenvalue weighted by Gasteiger charge is -2.07. The summed E-state index contributed by atoms with van der Waals surface area (Å²) in [6.07, 6.45) is 0.291. The number of halogens is 3. The molecule has 0 aliphatic rings. The van der Waals surface area contributed by atoms with Crippen LogP contribution in [-0.2, 0) is 16.4 Å². The van der Waals surface area contributed by atoms with Crippen LogP contribution in [0.1, 0.15) is 4.88 Å². The zero-order chi connectivity index (χ0) is 15.6. The van der Waals surface area contributed by atoms with Crippen molar-refractivity contribution in [3.8, 4) is 0 Å². The maximum absolute atomic E-state index is 13.4. The smallest absolute Gasteiger partial charge is 0.271 e. The lowest BCUT2D eigenvalue weighted by atomic mass is 10.3. The summed E-state index contributed by atoms with van der Waals surface area (Å²) < 4.78 is 65.1. The Morgan fingerprint density at radius 1 is 1.10 bits per heavy atom. The molecule has 4 nitrogen and oxygen atoms in total. The maximum Gasteiger partial charge on any atom is 0.271 e. The van der Waals surface area contributed by atoms with Crippen molar-refractivity contribution in [2.45, 2.75) is 10.6 Å². The number of benzene rings is 1. The molecule has 0 aliphatic carbocycles. The first-order valence-corrected chi connectivity index (χ1v) is 8.00. The summed E-state index contributed by atoms with van der Waals surface area (Å²) in [6, 6.07) is 3.50. The topological polar surface area (TPSA) is 66.4 Å². The predicted octanol–water partition coefficient (Wildman–Crippen LogP) is 2.50. The highest BCUT2D eigenvalue weighted by Gasteiger charge is 2.20. The van der Waals surface area contributed by atoms with E-state index in [1.165, 1.54) is 12.1 Å².